The summed E-state index contributed by atoms with van der Waals surface area (Å²) in [5, 5.41) is 5.55. The molecule has 2 N–H and O–H groups in total. The molecule has 3 aromatic rings. The van der Waals surface area contributed by atoms with Crippen LogP contribution in [-0.4, -0.2) is 16.8 Å². The van der Waals surface area contributed by atoms with Crippen LogP contribution in [-0.2, 0) is 14.1 Å². The lowest BCUT2D eigenvalue weighted by Gasteiger charge is -2.03. The quantitative estimate of drug-likeness (QED) is 0.696. The predicted molar refractivity (Wildman–Crippen MR) is 95.4 cm³/mol. The van der Waals surface area contributed by atoms with Gasteiger partial charge in [-0.15, -0.1) is 0 Å². The molecule has 130 valence electrons. The standard InChI is InChI=1S/C19H17N5O2/c1-23-12-5-3-10-16(23)21-18(25)14-8-7-9-15(20-14)19(26)22-17-11-4-6-13-24(17)2/h3-13H,1-2H3/p+2. The van der Waals surface area contributed by atoms with Crippen molar-refractivity contribution in [3.8, 4) is 0 Å². The molecule has 0 saturated heterocycles. The predicted octanol–water partition coefficient (Wildman–Crippen LogP) is 1.24. The van der Waals surface area contributed by atoms with Gasteiger partial charge in [0.05, 0.1) is 26.5 Å². The first-order chi connectivity index (χ1) is 12.5. The number of anilines is 2. The Morgan fingerprint density at radius 3 is 1.62 bits per heavy atom. The van der Waals surface area contributed by atoms with E-state index in [0.717, 1.165) is 0 Å². The lowest BCUT2D eigenvalue weighted by Crippen LogP contribution is -2.34. The number of pyridine rings is 3. The van der Waals surface area contributed by atoms with Crippen molar-refractivity contribution < 1.29 is 18.7 Å². The first-order valence-electron chi connectivity index (χ1n) is 8.03. The molecule has 0 atom stereocenters. The first-order valence-corrected chi connectivity index (χ1v) is 8.03. The van der Waals surface area contributed by atoms with Gasteiger partial charge in [0.15, 0.2) is 11.4 Å². The van der Waals surface area contributed by atoms with Crippen LogP contribution in [0.4, 0.5) is 11.6 Å². The van der Waals surface area contributed by atoms with Crippen molar-refractivity contribution in [3.63, 3.8) is 0 Å². The lowest BCUT2D eigenvalue weighted by molar-refractivity contribution is -0.657. The molecule has 3 heterocycles. The van der Waals surface area contributed by atoms with Crippen LogP contribution < -0.4 is 19.8 Å². The zero-order chi connectivity index (χ0) is 18.5. The fourth-order valence-electron chi connectivity index (χ4n) is 2.35. The van der Waals surface area contributed by atoms with Gasteiger partial charge < -0.3 is 0 Å². The molecule has 3 rings (SSSR count). The third-order valence-electron chi connectivity index (χ3n) is 3.81. The van der Waals surface area contributed by atoms with Crippen molar-refractivity contribution in [2.75, 3.05) is 10.6 Å². The number of carbonyl (C=O) groups excluding carboxylic acids is 2. The Labute approximate surface area is 151 Å². The minimum Gasteiger partial charge on any atom is -0.239 e. The van der Waals surface area contributed by atoms with Crippen LogP contribution in [0.5, 0.6) is 0 Å². The van der Waals surface area contributed by atoms with E-state index in [4.69, 9.17) is 0 Å². The van der Waals surface area contributed by atoms with Gasteiger partial charge in [-0.25, -0.2) is 34.3 Å². The smallest absolute Gasteiger partial charge is 0.239 e. The number of hydrogen-bond acceptors (Lipinski definition) is 3. The van der Waals surface area contributed by atoms with E-state index in [-0.39, 0.29) is 23.2 Å². The Morgan fingerprint density at radius 1 is 0.731 bits per heavy atom. The molecule has 0 aromatic carbocycles. The molecular formula is C19H19N5O2+2. The summed E-state index contributed by atoms with van der Waals surface area (Å²) in [5.74, 6) is 0.495. The molecule has 0 fully saturated rings. The lowest BCUT2D eigenvalue weighted by atomic mass is 10.2. The van der Waals surface area contributed by atoms with Crippen LogP contribution in [0.25, 0.3) is 0 Å². The number of rotatable bonds is 4. The van der Waals surface area contributed by atoms with E-state index in [0.29, 0.717) is 11.6 Å². The average molecular weight is 349 g/mol. The van der Waals surface area contributed by atoms with Gasteiger partial charge in [-0.1, -0.05) is 18.2 Å². The van der Waals surface area contributed by atoms with Crippen LogP contribution in [0, 0.1) is 0 Å². The van der Waals surface area contributed by atoms with Crippen molar-refractivity contribution in [3.05, 3.63) is 78.4 Å². The molecule has 0 bridgehead atoms. The Hall–Kier alpha value is -3.61. The fraction of sp³-hybridized carbons (Fsp3) is 0.105. The van der Waals surface area contributed by atoms with E-state index in [9.17, 15) is 9.59 Å². The number of amides is 2. The summed E-state index contributed by atoms with van der Waals surface area (Å²) in [4.78, 5) is 29.0. The summed E-state index contributed by atoms with van der Waals surface area (Å²) in [5.41, 5.74) is 0.331. The number of carbonyl (C=O) groups is 2. The monoisotopic (exact) mass is 349 g/mol. The highest BCUT2D eigenvalue weighted by Gasteiger charge is 2.20. The van der Waals surface area contributed by atoms with E-state index in [1.165, 1.54) is 0 Å². The number of hydrogen-bond donors (Lipinski definition) is 2. The van der Waals surface area contributed by atoms with E-state index >= 15 is 0 Å². The highest BCUT2D eigenvalue weighted by atomic mass is 16.2. The van der Waals surface area contributed by atoms with Gasteiger partial charge in [0.25, 0.3) is 11.6 Å². The van der Waals surface area contributed by atoms with E-state index in [2.05, 4.69) is 15.6 Å². The average Bonchev–Trinajstić information content (AvgIpc) is 2.65. The third kappa shape index (κ3) is 3.89. The summed E-state index contributed by atoms with van der Waals surface area (Å²) < 4.78 is 3.56. The normalized spacial score (nSPS) is 10.2. The maximum absolute atomic E-state index is 12.4. The molecule has 0 spiro atoms. The van der Waals surface area contributed by atoms with Gasteiger partial charge in [0.1, 0.15) is 0 Å². The maximum atomic E-state index is 12.4. The molecule has 7 heteroatoms. The van der Waals surface area contributed by atoms with E-state index in [1.54, 1.807) is 39.5 Å². The van der Waals surface area contributed by atoms with E-state index in [1.807, 2.05) is 50.8 Å². The summed E-state index contributed by atoms with van der Waals surface area (Å²) in [6.07, 6.45) is 3.65. The second-order valence-electron chi connectivity index (χ2n) is 5.71. The van der Waals surface area contributed by atoms with Crippen molar-refractivity contribution in [2.45, 2.75) is 0 Å². The number of nitrogens with one attached hydrogen (secondary N) is 2. The van der Waals surface area contributed by atoms with Crippen LogP contribution in [0.1, 0.15) is 21.0 Å². The Bertz CT molecular complexity index is 897. The molecule has 0 saturated carbocycles. The summed E-state index contributed by atoms with van der Waals surface area (Å²) in [6.45, 7) is 0. The fourth-order valence-corrected chi connectivity index (χ4v) is 2.35. The highest BCUT2D eigenvalue weighted by molar-refractivity contribution is 6.05. The number of aryl methyl sites for hydroxylation is 2. The molecule has 2 amide bonds. The molecule has 0 aliphatic heterocycles. The van der Waals surface area contributed by atoms with Crippen LogP contribution in [0.15, 0.2) is 67.0 Å². The second-order valence-corrected chi connectivity index (χ2v) is 5.71. The van der Waals surface area contributed by atoms with Gasteiger partial charge in [-0.3, -0.25) is 0 Å². The number of nitrogens with zero attached hydrogens (tertiary/aromatic N) is 3. The zero-order valence-corrected chi connectivity index (χ0v) is 14.5. The minimum absolute atomic E-state index is 0.166. The maximum Gasteiger partial charge on any atom is 0.357 e. The molecule has 0 aliphatic carbocycles. The molecular weight excluding hydrogens is 330 g/mol. The van der Waals surface area contributed by atoms with Crippen molar-refractivity contribution in [2.24, 2.45) is 14.1 Å². The SMILES string of the molecule is C[n+]1ccccc1NC(=O)c1cccc(C(=O)Nc2cccc[n+]2C)n1. The zero-order valence-electron chi connectivity index (χ0n) is 14.5. The molecule has 3 aromatic heterocycles. The molecule has 0 radical (unpaired) electrons. The molecule has 0 aliphatic rings. The van der Waals surface area contributed by atoms with Gasteiger partial charge in [0.2, 0.25) is 0 Å². The van der Waals surface area contributed by atoms with Crippen molar-refractivity contribution in [1.82, 2.24) is 4.98 Å². The van der Waals surface area contributed by atoms with Crippen LogP contribution in [0.2, 0.25) is 0 Å². The van der Waals surface area contributed by atoms with Crippen molar-refractivity contribution in [1.29, 1.82) is 0 Å². The van der Waals surface area contributed by atoms with Crippen LogP contribution >= 0.6 is 0 Å². The minimum atomic E-state index is -0.383. The van der Waals surface area contributed by atoms with E-state index < -0.39 is 0 Å². The summed E-state index contributed by atoms with van der Waals surface area (Å²) in [6, 6.07) is 15.7. The second kappa shape index (κ2) is 7.52. The van der Waals surface area contributed by atoms with Crippen molar-refractivity contribution >= 4 is 23.5 Å². The van der Waals surface area contributed by atoms with Gasteiger partial charge >= 0.3 is 11.8 Å². The van der Waals surface area contributed by atoms with Crippen LogP contribution in [0.3, 0.4) is 0 Å². The topological polar surface area (TPSA) is 78.9 Å². The Kier molecular flexibility index (Phi) is 4.98. The molecule has 0 unspecified atom stereocenters. The summed E-state index contributed by atoms with van der Waals surface area (Å²) >= 11 is 0. The highest BCUT2D eigenvalue weighted by Crippen LogP contribution is 2.06. The van der Waals surface area contributed by atoms with Gasteiger partial charge in [-0.05, 0) is 24.3 Å². The Morgan fingerprint density at radius 2 is 1.19 bits per heavy atom. The molecule has 7 nitrogen and oxygen atoms in total. The van der Waals surface area contributed by atoms with Gasteiger partial charge in [0, 0.05) is 12.1 Å². The first kappa shape index (κ1) is 17.2. The summed E-state index contributed by atoms with van der Waals surface area (Å²) in [7, 11) is 3.65. The van der Waals surface area contributed by atoms with Gasteiger partial charge in [-0.2, -0.15) is 0 Å². The third-order valence-corrected chi connectivity index (χ3v) is 3.81. The Balaban J connectivity index is 1.77. The number of aromatic nitrogens is 3. The largest absolute Gasteiger partial charge is 0.357 e. The molecule has 26 heavy (non-hydrogen) atoms.